The maximum absolute atomic E-state index is 12.5. The van der Waals surface area contributed by atoms with Crippen LogP contribution in [0.3, 0.4) is 0 Å². The van der Waals surface area contributed by atoms with Crippen LogP contribution in [0.1, 0.15) is 30.0 Å². The number of likely N-dealkylation sites (N-methyl/N-ethyl adjacent to an activating group) is 1. The molecule has 0 atom stereocenters. The number of carbonyl (C=O) groups excluding carboxylic acids is 1. The average molecular weight is 292 g/mol. The highest BCUT2D eigenvalue weighted by molar-refractivity contribution is 6.31. The molecule has 0 aliphatic rings. The topological polar surface area (TPSA) is 33.5 Å². The number of fused-ring (bicyclic) bond motifs is 1. The Kier molecular flexibility index (Phi) is 4.19. The molecule has 0 spiro atoms. The van der Waals surface area contributed by atoms with Crippen molar-refractivity contribution in [2.45, 2.75) is 20.8 Å². The maximum atomic E-state index is 12.5. The minimum atomic E-state index is -0.111. The SMILES string of the molecule is C=C(C)CN(CC)C(=O)c1oc2ccc(Cl)cc2c1C. The summed E-state index contributed by atoms with van der Waals surface area (Å²) in [5, 5.41) is 1.52. The summed E-state index contributed by atoms with van der Waals surface area (Å²) in [7, 11) is 0. The van der Waals surface area contributed by atoms with E-state index in [2.05, 4.69) is 6.58 Å². The van der Waals surface area contributed by atoms with Gasteiger partial charge in [0.05, 0.1) is 0 Å². The molecule has 0 radical (unpaired) electrons. The van der Waals surface area contributed by atoms with Gasteiger partial charge in [0.15, 0.2) is 5.76 Å². The van der Waals surface area contributed by atoms with Crippen LogP contribution in [-0.2, 0) is 0 Å². The molecular weight excluding hydrogens is 274 g/mol. The average Bonchev–Trinajstić information content (AvgIpc) is 2.72. The highest BCUT2D eigenvalue weighted by Crippen LogP contribution is 2.28. The molecule has 1 aromatic heterocycles. The lowest BCUT2D eigenvalue weighted by Crippen LogP contribution is -2.32. The summed E-state index contributed by atoms with van der Waals surface area (Å²) in [6.07, 6.45) is 0. The van der Waals surface area contributed by atoms with Crippen molar-refractivity contribution in [1.29, 1.82) is 0 Å². The summed E-state index contributed by atoms with van der Waals surface area (Å²) in [5.74, 6) is 0.269. The lowest BCUT2D eigenvalue weighted by Gasteiger charge is -2.19. The predicted octanol–water partition coefficient (Wildman–Crippen LogP) is 4.43. The Morgan fingerprint density at radius 1 is 1.45 bits per heavy atom. The second kappa shape index (κ2) is 5.71. The molecule has 2 aromatic rings. The van der Waals surface area contributed by atoms with Gasteiger partial charge < -0.3 is 9.32 Å². The summed E-state index contributed by atoms with van der Waals surface area (Å²) >= 11 is 5.99. The number of benzene rings is 1. The Labute approximate surface area is 123 Å². The quantitative estimate of drug-likeness (QED) is 0.781. The van der Waals surface area contributed by atoms with Gasteiger partial charge in [-0.3, -0.25) is 4.79 Å². The number of hydrogen-bond donors (Lipinski definition) is 0. The highest BCUT2D eigenvalue weighted by atomic mass is 35.5. The maximum Gasteiger partial charge on any atom is 0.290 e. The number of aryl methyl sites for hydroxylation is 1. The number of rotatable bonds is 4. The van der Waals surface area contributed by atoms with Crippen LogP contribution in [0.4, 0.5) is 0 Å². The summed E-state index contributed by atoms with van der Waals surface area (Å²) in [4.78, 5) is 14.3. The first-order chi connectivity index (χ1) is 9.43. The zero-order valence-electron chi connectivity index (χ0n) is 12.0. The van der Waals surface area contributed by atoms with Gasteiger partial charge in [-0.1, -0.05) is 23.8 Å². The lowest BCUT2D eigenvalue weighted by molar-refractivity contribution is 0.0748. The van der Waals surface area contributed by atoms with Crippen molar-refractivity contribution in [2.75, 3.05) is 13.1 Å². The van der Waals surface area contributed by atoms with E-state index in [4.69, 9.17) is 16.0 Å². The normalized spacial score (nSPS) is 10.8. The number of furan rings is 1. The summed E-state index contributed by atoms with van der Waals surface area (Å²) in [6.45, 7) is 10.7. The minimum absolute atomic E-state index is 0.111. The zero-order valence-corrected chi connectivity index (χ0v) is 12.8. The molecule has 0 aliphatic carbocycles. The van der Waals surface area contributed by atoms with E-state index in [0.29, 0.717) is 29.5 Å². The second-order valence-corrected chi connectivity index (χ2v) is 5.41. The Morgan fingerprint density at radius 3 is 2.75 bits per heavy atom. The van der Waals surface area contributed by atoms with Crippen LogP contribution in [-0.4, -0.2) is 23.9 Å². The second-order valence-electron chi connectivity index (χ2n) is 4.97. The summed E-state index contributed by atoms with van der Waals surface area (Å²) in [5.41, 5.74) is 2.45. The van der Waals surface area contributed by atoms with E-state index < -0.39 is 0 Å². The van der Waals surface area contributed by atoms with E-state index in [1.807, 2.05) is 26.8 Å². The van der Waals surface area contributed by atoms with Gasteiger partial charge in [-0.15, -0.1) is 0 Å². The lowest BCUT2D eigenvalue weighted by atomic mass is 10.1. The Balaban J connectivity index is 2.44. The number of carbonyl (C=O) groups is 1. The van der Waals surface area contributed by atoms with Gasteiger partial charge in [-0.2, -0.15) is 0 Å². The molecule has 1 amide bonds. The fourth-order valence-corrected chi connectivity index (χ4v) is 2.37. The van der Waals surface area contributed by atoms with Gasteiger partial charge >= 0.3 is 0 Å². The van der Waals surface area contributed by atoms with Gasteiger partial charge in [0.2, 0.25) is 0 Å². The first-order valence-corrected chi connectivity index (χ1v) is 6.94. The molecule has 20 heavy (non-hydrogen) atoms. The molecule has 0 saturated heterocycles. The molecule has 0 unspecified atom stereocenters. The summed E-state index contributed by atoms with van der Waals surface area (Å²) < 4.78 is 5.70. The molecule has 0 bridgehead atoms. The van der Waals surface area contributed by atoms with Gasteiger partial charge in [-0.05, 0) is 39.0 Å². The van der Waals surface area contributed by atoms with Crippen molar-refractivity contribution in [2.24, 2.45) is 0 Å². The predicted molar refractivity (Wildman–Crippen MR) is 82.4 cm³/mol. The third-order valence-corrected chi connectivity index (χ3v) is 3.46. The van der Waals surface area contributed by atoms with E-state index in [1.54, 1.807) is 17.0 Å². The molecule has 1 heterocycles. The number of hydrogen-bond acceptors (Lipinski definition) is 2. The third-order valence-electron chi connectivity index (χ3n) is 3.22. The van der Waals surface area contributed by atoms with E-state index in [9.17, 15) is 4.79 Å². The molecule has 0 N–H and O–H groups in total. The molecule has 2 rings (SSSR count). The molecule has 0 fully saturated rings. The molecular formula is C16H18ClNO2. The minimum Gasteiger partial charge on any atom is -0.451 e. The monoisotopic (exact) mass is 291 g/mol. The van der Waals surface area contributed by atoms with Crippen LogP contribution < -0.4 is 0 Å². The first-order valence-electron chi connectivity index (χ1n) is 6.56. The Bertz CT molecular complexity index is 672. The van der Waals surface area contributed by atoms with Crippen LogP contribution in [0, 0.1) is 6.92 Å². The van der Waals surface area contributed by atoms with Crippen molar-refractivity contribution in [3.63, 3.8) is 0 Å². The first kappa shape index (κ1) is 14.7. The summed E-state index contributed by atoms with van der Waals surface area (Å²) in [6, 6.07) is 5.37. The Morgan fingerprint density at radius 2 is 2.15 bits per heavy atom. The van der Waals surface area contributed by atoms with Crippen molar-refractivity contribution in [1.82, 2.24) is 4.90 Å². The van der Waals surface area contributed by atoms with Crippen LogP contribution in [0.5, 0.6) is 0 Å². The third kappa shape index (κ3) is 2.73. The van der Waals surface area contributed by atoms with Crippen LogP contribution in [0.25, 0.3) is 11.0 Å². The van der Waals surface area contributed by atoms with Crippen molar-refractivity contribution in [3.8, 4) is 0 Å². The zero-order chi connectivity index (χ0) is 14.9. The fraction of sp³-hybridized carbons (Fsp3) is 0.312. The highest BCUT2D eigenvalue weighted by Gasteiger charge is 2.22. The van der Waals surface area contributed by atoms with Crippen LogP contribution in [0.2, 0.25) is 5.02 Å². The van der Waals surface area contributed by atoms with Gasteiger partial charge in [-0.25, -0.2) is 0 Å². The van der Waals surface area contributed by atoms with Crippen molar-refractivity contribution in [3.05, 3.63) is 46.7 Å². The van der Waals surface area contributed by atoms with Crippen molar-refractivity contribution >= 4 is 28.5 Å². The number of amides is 1. The van der Waals surface area contributed by atoms with Crippen LogP contribution >= 0.6 is 11.6 Å². The van der Waals surface area contributed by atoms with Crippen LogP contribution in [0.15, 0.2) is 34.8 Å². The molecule has 4 heteroatoms. The van der Waals surface area contributed by atoms with E-state index in [-0.39, 0.29) is 5.91 Å². The molecule has 0 aliphatic heterocycles. The largest absolute Gasteiger partial charge is 0.451 e. The van der Waals surface area contributed by atoms with E-state index in [0.717, 1.165) is 16.5 Å². The fourth-order valence-electron chi connectivity index (χ4n) is 2.19. The van der Waals surface area contributed by atoms with Gasteiger partial charge in [0.25, 0.3) is 5.91 Å². The number of halogens is 1. The molecule has 3 nitrogen and oxygen atoms in total. The van der Waals surface area contributed by atoms with E-state index in [1.165, 1.54) is 0 Å². The smallest absolute Gasteiger partial charge is 0.290 e. The van der Waals surface area contributed by atoms with Crippen molar-refractivity contribution < 1.29 is 9.21 Å². The van der Waals surface area contributed by atoms with Gasteiger partial charge in [0, 0.05) is 29.1 Å². The van der Waals surface area contributed by atoms with Gasteiger partial charge in [0.1, 0.15) is 5.58 Å². The van der Waals surface area contributed by atoms with E-state index >= 15 is 0 Å². The standard InChI is InChI=1S/C16H18ClNO2/c1-5-18(9-10(2)3)16(19)15-11(4)13-8-12(17)6-7-14(13)20-15/h6-8H,2,5,9H2,1,3-4H3. The molecule has 0 saturated carbocycles. The molecule has 106 valence electrons. The number of nitrogens with zero attached hydrogens (tertiary/aromatic N) is 1. The Hall–Kier alpha value is -1.74. The molecule has 1 aromatic carbocycles.